The fourth-order valence-corrected chi connectivity index (χ4v) is 2.32. The monoisotopic (exact) mass is 299 g/mol. The quantitative estimate of drug-likeness (QED) is 0.891. The highest BCUT2D eigenvalue weighted by molar-refractivity contribution is 5.95. The Labute approximate surface area is 130 Å². The van der Waals surface area contributed by atoms with Crippen LogP contribution in [0.25, 0.3) is 0 Å². The fourth-order valence-electron chi connectivity index (χ4n) is 2.32. The maximum absolute atomic E-state index is 12.4. The van der Waals surface area contributed by atoms with E-state index in [4.69, 9.17) is 4.74 Å². The minimum absolute atomic E-state index is 0.0837. The first-order chi connectivity index (χ1) is 10.5. The van der Waals surface area contributed by atoms with E-state index >= 15 is 0 Å². The van der Waals surface area contributed by atoms with Crippen LogP contribution < -0.4 is 10.1 Å². The second kappa shape index (κ2) is 7.09. The lowest BCUT2D eigenvalue weighted by Crippen LogP contribution is -2.19. The van der Waals surface area contributed by atoms with Gasteiger partial charge in [-0.05, 0) is 37.6 Å². The minimum Gasteiger partial charge on any atom is -0.496 e. The summed E-state index contributed by atoms with van der Waals surface area (Å²) in [6.45, 7) is 3.74. The highest BCUT2D eigenvalue weighted by atomic mass is 16.5. The molecule has 0 fully saturated rings. The van der Waals surface area contributed by atoms with Crippen molar-refractivity contribution < 1.29 is 14.6 Å². The summed E-state index contributed by atoms with van der Waals surface area (Å²) in [6.07, 6.45) is 0. The Balaban J connectivity index is 2.14. The molecule has 0 saturated carbocycles. The lowest BCUT2D eigenvalue weighted by Gasteiger charge is -2.14. The fraction of sp³-hybridized carbons (Fsp3) is 0.278. The van der Waals surface area contributed by atoms with Gasteiger partial charge in [-0.25, -0.2) is 0 Å². The van der Waals surface area contributed by atoms with E-state index in [-0.39, 0.29) is 18.4 Å². The van der Waals surface area contributed by atoms with Gasteiger partial charge in [-0.2, -0.15) is 0 Å². The van der Waals surface area contributed by atoms with Gasteiger partial charge in [-0.15, -0.1) is 0 Å². The van der Waals surface area contributed by atoms with Crippen molar-refractivity contribution in [3.63, 3.8) is 0 Å². The van der Waals surface area contributed by atoms with Crippen molar-refractivity contribution >= 4 is 11.6 Å². The zero-order valence-corrected chi connectivity index (χ0v) is 13.1. The van der Waals surface area contributed by atoms with Crippen LogP contribution in [0.5, 0.6) is 5.75 Å². The molecule has 2 aromatic rings. The lowest BCUT2D eigenvalue weighted by molar-refractivity contribution is -0.117. The molecule has 0 aliphatic heterocycles. The number of nitrogens with one attached hydrogen (secondary N) is 1. The van der Waals surface area contributed by atoms with E-state index in [0.717, 1.165) is 11.1 Å². The molecule has 0 heterocycles. The predicted molar refractivity (Wildman–Crippen MR) is 87.1 cm³/mol. The third-order valence-electron chi connectivity index (χ3n) is 3.65. The molecule has 0 radical (unpaired) electrons. The van der Waals surface area contributed by atoms with Crippen LogP contribution in [0.4, 0.5) is 5.69 Å². The zero-order chi connectivity index (χ0) is 16.1. The number of methoxy groups -OCH3 is 1. The average Bonchev–Trinajstić information content (AvgIpc) is 2.53. The summed E-state index contributed by atoms with van der Waals surface area (Å²) in [4.78, 5) is 12.4. The van der Waals surface area contributed by atoms with Gasteiger partial charge in [0.15, 0.2) is 0 Å². The molecule has 1 atom stereocenters. The molecule has 0 spiro atoms. The Bertz CT molecular complexity index is 667. The highest BCUT2D eigenvalue weighted by Crippen LogP contribution is 2.24. The van der Waals surface area contributed by atoms with E-state index in [1.54, 1.807) is 25.3 Å². The van der Waals surface area contributed by atoms with Crippen LogP contribution in [0.3, 0.4) is 0 Å². The number of carbonyl (C=O) groups excluding carboxylic acids is 1. The van der Waals surface area contributed by atoms with Gasteiger partial charge in [-0.3, -0.25) is 4.79 Å². The second-order valence-electron chi connectivity index (χ2n) is 5.31. The summed E-state index contributed by atoms with van der Waals surface area (Å²) < 4.78 is 5.15. The Morgan fingerprint density at radius 3 is 2.68 bits per heavy atom. The van der Waals surface area contributed by atoms with E-state index in [9.17, 15) is 9.90 Å². The number of carbonyl (C=O) groups is 1. The molecule has 4 nitrogen and oxygen atoms in total. The normalized spacial score (nSPS) is 11.8. The van der Waals surface area contributed by atoms with Gasteiger partial charge >= 0.3 is 0 Å². The largest absolute Gasteiger partial charge is 0.496 e. The average molecular weight is 299 g/mol. The molecular formula is C18H21NO3. The number of ether oxygens (including phenoxy) is 1. The SMILES string of the molecule is COc1ccc(NC(=O)C(C)c2cccc(C)c2)cc1CO. The molecule has 0 bridgehead atoms. The molecule has 0 saturated heterocycles. The van der Waals surface area contributed by atoms with E-state index in [1.807, 2.05) is 38.1 Å². The van der Waals surface area contributed by atoms with E-state index in [2.05, 4.69) is 5.32 Å². The molecule has 2 aromatic carbocycles. The Hall–Kier alpha value is -2.33. The first-order valence-corrected chi connectivity index (χ1v) is 7.20. The van der Waals surface area contributed by atoms with Crippen molar-refractivity contribution in [1.29, 1.82) is 0 Å². The van der Waals surface area contributed by atoms with Crippen molar-refractivity contribution in [3.05, 3.63) is 59.2 Å². The molecule has 0 aromatic heterocycles. The highest BCUT2D eigenvalue weighted by Gasteiger charge is 2.16. The third-order valence-corrected chi connectivity index (χ3v) is 3.65. The second-order valence-corrected chi connectivity index (χ2v) is 5.31. The Kier molecular flexibility index (Phi) is 5.17. The van der Waals surface area contributed by atoms with E-state index in [0.29, 0.717) is 17.0 Å². The van der Waals surface area contributed by atoms with Crippen LogP contribution in [0.2, 0.25) is 0 Å². The number of aliphatic hydroxyl groups is 1. The van der Waals surface area contributed by atoms with Crippen LogP contribution >= 0.6 is 0 Å². The standard InChI is InChI=1S/C18H21NO3/c1-12-5-4-6-14(9-12)13(2)18(21)19-16-7-8-17(22-3)15(10-16)11-20/h4-10,13,20H,11H2,1-3H3,(H,19,21). The lowest BCUT2D eigenvalue weighted by atomic mass is 9.98. The third kappa shape index (κ3) is 3.65. The Morgan fingerprint density at radius 1 is 1.27 bits per heavy atom. The van der Waals surface area contributed by atoms with Crippen molar-refractivity contribution in [2.75, 3.05) is 12.4 Å². The number of aryl methyl sites for hydroxylation is 1. The summed E-state index contributed by atoms with van der Waals surface area (Å²) in [5, 5.41) is 12.2. The molecule has 1 amide bonds. The molecule has 4 heteroatoms. The van der Waals surface area contributed by atoms with Gasteiger partial charge < -0.3 is 15.2 Å². The molecule has 0 aliphatic rings. The van der Waals surface area contributed by atoms with Crippen molar-refractivity contribution in [3.8, 4) is 5.75 Å². The van der Waals surface area contributed by atoms with Gasteiger partial charge in [0.05, 0.1) is 19.6 Å². The minimum atomic E-state index is -0.250. The van der Waals surface area contributed by atoms with Gasteiger partial charge in [0.25, 0.3) is 0 Å². The molecule has 2 N–H and O–H groups in total. The van der Waals surface area contributed by atoms with Gasteiger partial charge in [-0.1, -0.05) is 29.8 Å². The number of hydrogen-bond donors (Lipinski definition) is 2. The number of hydrogen-bond acceptors (Lipinski definition) is 3. The molecule has 22 heavy (non-hydrogen) atoms. The number of benzene rings is 2. The number of rotatable bonds is 5. The topological polar surface area (TPSA) is 58.6 Å². The van der Waals surface area contributed by atoms with Crippen molar-refractivity contribution in [2.24, 2.45) is 0 Å². The van der Waals surface area contributed by atoms with Crippen molar-refractivity contribution in [1.82, 2.24) is 0 Å². The van der Waals surface area contributed by atoms with Crippen LogP contribution in [-0.4, -0.2) is 18.1 Å². The van der Waals surface area contributed by atoms with E-state index < -0.39 is 0 Å². The van der Waals surface area contributed by atoms with Crippen LogP contribution in [-0.2, 0) is 11.4 Å². The predicted octanol–water partition coefficient (Wildman–Crippen LogP) is 3.24. The summed E-state index contributed by atoms with van der Waals surface area (Å²) in [5.74, 6) is 0.270. The van der Waals surface area contributed by atoms with Gasteiger partial charge in [0.1, 0.15) is 5.75 Å². The molecule has 1 unspecified atom stereocenters. The smallest absolute Gasteiger partial charge is 0.231 e. The molecule has 116 valence electrons. The first-order valence-electron chi connectivity index (χ1n) is 7.20. The Morgan fingerprint density at radius 2 is 2.05 bits per heavy atom. The number of amides is 1. The van der Waals surface area contributed by atoms with Gasteiger partial charge in [0.2, 0.25) is 5.91 Å². The first kappa shape index (κ1) is 16.0. The van der Waals surface area contributed by atoms with Crippen LogP contribution in [0.15, 0.2) is 42.5 Å². The van der Waals surface area contributed by atoms with Crippen molar-refractivity contribution in [2.45, 2.75) is 26.4 Å². The summed E-state index contributed by atoms with van der Waals surface area (Å²) >= 11 is 0. The molecule has 0 aliphatic carbocycles. The van der Waals surface area contributed by atoms with E-state index in [1.165, 1.54) is 0 Å². The maximum atomic E-state index is 12.4. The van der Waals surface area contributed by atoms with Crippen LogP contribution in [0, 0.1) is 6.92 Å². The number of aliphatic hydroxyl groups excluding tert-OH is 1. The zero-order valence-electron chi connectivity index (χ0n) is 13.1. The molecular weight excluding hydrogens is 278 g/mol. The summed E-state index contributed by atoms with van der Waals surface area (Å²) in [5.41, 5.74) is 3.40. The summed E-state index contributed by atoms with van der Waals surface area (Å²) in [7, 11) is 1.55. The molecule has 2 rings (SSSR count). The summed E-state index contributed by atoms with van der Waals surface area (Å²) in [6, 6.07) is 13.1. The van der Waals surface area contributed by atoms with Crippen LogP contribution in [0.1, 0.15) is 29.5 Å². The van der Waals surface area contributed by atoms with Gasteiger partial charge in [0, 0.05) is 11.3 Å². The maximum Gasteiger partial charge on any atom is 0.231 e. The number of anilines is 1.